The highest BCUT2D eigenvalue weighted by Crippen LogP contribution is 2.32. The fraction of sp³-hybridized carbons (Fsp3) is 0.100. The van der Waals surface area contributed by atoms with E-state index in [-0.39, 0.29) is 11.5 Å². The van der Waals surface area contributed by atoms with Crippen molar-refractivity contribution in [2.75, 3.05) is 18.5 Å². The molecule has 0 saturated carbocycles. The standard InChI is InChI=1S/C20H14ClN3O4S/c21-14-2-1-3-15(11-14)23-18(25)12-24-19(26)17(29-20(24)27)10-13-4-6-16(7-5-13)28-9-8-22/h1-7,10-11H,9,12H2,(H,23,25)/b17-10-. The van der Waals surface area contributed by atoms with Gasteiger partial charge in [-0.2, -0.15) is 5.26 Å². The number of carbonyl (C=O) groups excluding carboxylic acids is 3. The molecule has 0 radical (unpaired) electrons. The van der Waals surface area contributed by atoms with Crippen molar-refractivity contribution in [3.63, 3.8) is 0 Å². The SMILES string of the molecule is N#CCOc1ccc(/C=C2\SC(=O)N(CC(=O)Nc3cccc(Cl)c3)C2=O)cc1. The van der Waals surface area contributed by atoms with Crippen molar-refractivity contribution in [2.45, 2.75) is 0 Å². The first-order valence-corrected chi connectivity index (χ1v) is 9.56. The van der Waals surface area contributed by atoms with Crippen molar-refractivity contribution in [1.82, 2.24) is 4.90 Å². The summed E-state index contributed by atoms with van der Waals surface area (Å²) in [5.74, 6) is -0.518. The molecule has 2 aromatic rings. The van der Waals surface area contributed by atoms with E-state index < -0.39 is 23.6 Å². The number of ether oxygens (including phenoxy) is 1. The summed E-state index contributed by atoms with van der Waals surface area (Å²) >= 11 is 6.64. The summed E-state index contributed by atoms with van der Waals surface area (Å²) in [4.78, 5) is 38.0. The average molecular weight is 428 g/mol. The highest BCUT2D eigenvalue weighted by atomic mass is 35.5. The molecule has 29 heavy (non-hydrogen) atoms. The lowest BCUT2D eigenvalue weighted by Gasteiger charge is -2.12. The van der Waals surface area contributed by atoms with Gasteiger partial charge in [0.15, 0.2) is 6.61 Å². The Morgan fingerprint density at radius 2 is 2.00 bits per heavy atom. The lowest BCUT2D eigenvalue weighted by Crippen LogP contribution is -2.36. The van der Waals surface area contributed by atoms with E-state index in [0.29, 0.717) is 22.0 Å². The number of nitriles is 1. The van der Waals surface area contributed by atoms with E-state index in [1.54, 1.807) is 54.6 Å². The number of nitrogens with one attached hydrogen (secondary N) is 1. The third kappa shape index (κ3) is 5.38. The van der Waals surface area contributed by atoms with E-state index >= 15 is 0 Å². The minimum absolute atomic E-state index is 0.0600. The fourth-order valence-corrected chi connectivity index (χ4v) is 3.50. The number of carbonyl (C=O) groups is 3. The molecule has 146 valence electrons. The zero-order valence-corrected chi connectivity index (χ0v) is 16.5. The van der Waals surface area contributed by atoms with Gasteiger partial charge in [-0.1, -0.05) is 29.8 Å². The summed E-state index contributed by atoms with van der Waals surface area (Å²) in [6, 6.07) is 15.2. The van der Waals surface area contributed by atoms with Crippen molar-refractivity contribution < 1.29 is 19.1 Å². The van der Waals surface area contributed by atoms with Crippen molar-refractivity contribution in [2.24, 2.45) is 0 Å². The van der Waals surface area contributed by atoms with Gasteiger partial charge in [0.05, 0.1) is 4.91 Å². The number of halogens is 1. The molecular formula is C20H14ClN3O4S. The van der Waals surface area contributed by atoms with E-state index in [2.05, 4.69) is 5.32 Å². The first-order valence-electron chi connectivity index (χ1n) is 8.37. The largest absolute Gasteiger partial charge is 0.479 e. The Morgan fingerprint density at radius 1 is 1.24 bits per heavy atom. The van der Waals surface area contributed by atoms with Gasteiger partial charge < -0.3 is 10.1 Å². The van der Waals surface area contributed by atoms with Gasteiger partial charge in [-0.25, -0.2) is 0 Å². The Labute approximate surface area is 175 Å². The monoisotopic (exact) mass is 427 g/mol. The smallest absolute Gasteiger partial charge is 0.294 e. The lowest BCUT2D eigenvalue weighted by molar-refractivity contribution is -0.127. The first kappa shape index (κ1) is 20.5. The number of anilines is 1. The van der Waals surface area contributed by atoms with Crippen LogP contribution in [0.15, 0.2) is 53.4 Å². The summed E-state index contributed by atoms with van der Waals surface area (Å²) in [5.41, 5.74) is 1.16. The molecule has 1 aliphatic rings. The van der Waals surface area contributed by atoms with Gasteiger partial charge in [-0.05, 0) is 53.7 Å². The number of rotatable bonds is 6. The van der Waals surface area contributed by atoms with Crippen molar-refractivity contribution in [3.05, 3.63) is 64.0 Å². The molecule has 3 rings (SSSR count). The molecule has 1 saturated heterocycles. The second kappa shape index (κ2) is 9.28. The highest BCUT2D eigenvalue weighted by Gasteiger charge is 2.36. The minimum Gasteiger partial charge on any atom is -0.479 e. The van der Waals surface area contributed by atoms with E-state index in [1.165, 1.54) is 0 Å². The molecule has 0 bridgehead atoms. The minimum atomic E-state index is -0.536. The maximum atomic E-state index is 12.5. The topological polar surface area (TPSA) is 99.5 Å². The second-order valence-corrected chi connectivity index (χ2v) is 7.27. The van der Waals surface area contributed by atoms with Crippen LogP contribution < -0.4 is 10.1 Å². The molecule has 7 nitrogen and oxygen atoms in total. The first-order chi connectivity index (χ1) is 14.0. The number of imide groups is 1. The van der Waals surface area contributed by atoms with Crippen LogP contribution in [0.2, 0.25) is 5.02 Å². The third-order valence-electron chi connectivity index (χ3n) is 3.76. The van der Waals surface area contributed by atoms with Crippen molar-refractivity contribution in [3.8, 4) is 11.8 Å². The van der Waals surface area contributed by atoms with Gasteiger partial charge in [-0.3, -0.25) is 19.3 Å². The Bertz CT molecular complexity index is 1030. The molecule has 1 aliphatic heterocycles. The molecule has 3 amide bonds. The zero-order valence-electron chi connectivity index (χ0n) is 14.9. The number of benzene rings is 2. The van der Waals surface area contributed by atoms with Crippen LogP contribution in [0.3, 0.4) is 0 Å². The summed E-state index contributed by atoms with van der Waals surface area (Å²) in [6.45, 7) is -0.453. The highest BCUT2D eigenvalue weighted by molar-refractivity contribution is 8.18. The van der Waals surface area contributed by atoms with Crippen LogP contribution in [0.25, 0.3) is 6.08 Å². The molecule has 1 heterocycles. The summed E-state index contributed by atoms with van der Waals surface area (Å²) in [6.07, 6.45) is 1.56. The third-order valence-corrected chi connectivity index (χ3v) is 4.91. The van der Waals surface area contributed by atoms with E-state index in [9.17, 15) is 14.4 Å². The van der Waals surface area contributed by atoms with E-state index in [4.69, 9.17) is 21.6 Å². The average Bonchev–Trinajstić information content (AvgIpc) is 2.95. The van der Waals surface area contributed by atoms with Gasteiger partial charge in [0, 0.05) is 10.7 Å². The van der Waals surface area contributed by atoms with Crippen LogP contribution in [0.5, 0.6) is 5.75 Å². The maximum absolute atomic E-state index is 12.5. The summed E-state index contributed by atoms with van der Waals surface area (Å²) < 4.78 is 5.17. The Kier molecular flexibility index (Phi) is 6.54. The molecule has 0 spiro atoms. The molecule has 0 aliphatic carbocycles. The fourth-order valence-electron chi connectivity index (χ4n) is 2.47. The van der Waals surface area contributed by atoms with Gasteiger partial charge in [-0.15, -0.1) is 0 Å². The van der Waals surface area contributed by atoms with E-state index in [1.807, 2.05) is 6.07 Å². The molecular weight excluding hydrogens is 414 g/mol. The Hall–Kier alpha value is -3.28. The number of amides is 3. The lowest BCUT2D eigenvalue weighted by atomic mass is 10.2. The number of thioether (sulfide) groups is 1. The van der Waals surface area contributed by atoms with Gasteiger partial charge >= 0.3 is 0 Å². The number of hydrogen-bond acceptors (Lipinski definition) is 6. The zero-order chi connectivity index (χ0) is 20.8. The van der Waals surface area contributed by atoms with Crippen LogP contribution >= 0.6 is 23.4 Å². The van der Waals surface area contributed by atoms with Crippen molar-refractivity contribution in [1.29, 1.82) is 5.26 Å². The van der Waals surface area contributed by atoms with Crippen LogP contribution in [0.1, 0.15) is 5.56 Å². The normalized spacial score (nSPS) is 14.8. The maximum Gasteiger partial charge on any atom is 0.294 e. The molecule has 0 atom stereocenters. The van der Waals surface area contributed by atoms with Crippen LogP contribution in [-0.4, -0.2) is 35.1 Å². The Balaban J connectivity index is 1.65. The predicted octanol–water partition coefficient (Wildman–Crippen LogP) is 3.92. The van der Waals surface area contributed by atoms with Crippen LogP contribution in [0, 0.1) is 11.3 Å². The van der Waals surface area contributed by atoms with Gasteiger partial charge in [0.25, 0.3) is 11.1 Å². The van der Waals surface area contributed by atoms with Gasteiger partial charge in [0.2, 0.25) is 5.91 Å². The van der Waals surface area contributed by atoms with Crippen LogP contribution in [-0.2, 0) is 9.59 Å². The summed E-state index contributed by atoms with van der Waals surface area (Å²) in [5, 5.41) is 11.1. The number of nitrogens with zero attached hydrogens (tertiary/aromatic N) is 2. The molecule has 0 aromatic heterocycles. The molecule has 2 aromatic carbocycles. The molecule has 0 unspecified atom stereocenters. The second-order valence-electron chi connectivity index (χ2n) is 5.84. The van der Waals surface area contributed by atoms with E-state index in [0.717, 1.165) is 16.7 Å². The molecule has 1 fully saturated rings. The summed E-state index contributed by atoms with van der Waals surface area (Å²) in [7, 11) is 0. The number of hydrogen-bond donors (Lipinski definition) is 1. The molecule has 1 N–H and O–H groups in total. The Morgan fingerprint density at radius 3 is 2.69 bits per heavy atom. The van der Waals surface area contributed by atoms with Crippen molar-refractivity contribution >= 4 is 52.2 Å². The predicted molar refractivity (Wildman–Crippen MR) is 110 cm³/mol. The quantitative estimate of drug-likeness (QED) is 0.701. The van der Waals surface area contributed by atoms with Crippen LogP contribution in [0.4, 0.5) is 10.5 Å². The molecule has 9 heteroatoms. The van der Waals surface area contributed by atoms with Gasteiger partial charge in [0.1, 0.15) is 18.4 Å².